The third-order valence-electron chi connectivity index (χ3n) is 12.8. The molecular weight excluding hydrogens is 760 g/mol. The van der Waals surface area contributed by atoms with Crippen molar-refractivity contribution in [2.75, 3.05) is 13.2 Å². The van der Waals surface area contributed by atoms with Gasteiger partial charge in [-0.15, -0.1) is 0 Å². The second-order valence-corrected chi connectivity index (χ2v) is 18.9. The van der Waals surface area contributed by atoms with Crippen molar-refractivity contribution in [2.45, 2.75) is 165 Å². The third kappa shape index (κ3) is 12.2. The van der Waals surface area contributed by atoms with Gasteiger partial charge >= 0.3 is 0 Å². The Balaban J connectivity index is 1.18. The zero-order valence-corrected chi connectivity index (χ0v) is 37.7. The Kier molecular flexibility index (Phi) is 17.5. The highest BCUT2D eigenvalue weighted by Crippen LogP contribution is 2.46. The number of rotatable bonds is 20. The van der Waals surface area contributed by atoms with Gasteiger partial charge in [-0.3, -0.25) is 0 Å². The second-order valence-electron chi connectivity index (χ2n) is 17.1. The van der Waals surface area contributed by atoms with Crippen molar-refractivity contribution >= 4 is 35.0 Å². The number of benzene rings is 4. The number of hydrogen-bond acceptors (Lipinski definition) is 3. The normalized spacial score (nSPS) is 19.8. The molecule has 0 atom stereocenters. The monoisotopic (exact) mass is 826 g/mol. The molecule has 0 radical (unpaired) electrons. The molecule has 2 saturated carbocycles. The first-order valence-electron chi connectivity index (χ1n) is 22.6. The quantitative estimate of drug-likeness (QED) is 0.0884. The van der Waals surface area contributed by atoms with Gasteiger partial charge in [0.2, 0.25) is 0 Å². The van der Waals surface area contributed by atoms with Gasteiger partial charge in [-0.25, -0.2) is 0 Å². The number of hydrogen-bond donors (Lipinski definition) is 0. The molecule has 308 valence electrons. The van der Waals surface area contributed by atoms with Crippen LogP contribution in [0.25, 0.3) is 0 Å². The van der Waals surface area contributed by atoms with Crippen LogP contribution in [0.15, 0.2) is 82.6 Å². The van der Waals surface area contributed by atoms with E-state index in [-0.39, 0.29) is 0 Å². The van der Waals surface area contributed by atoms with Crippen LogP contribution in [-0.2, 0) is 12.8 Å². The number of ether oxygens (including phenoxy) is 2. The summed E-state index contributed by atoms with van der Waals surface area (Å²) in [5, 5.41) is 1.48. The molecule has 2 fully saturated rings. The number of halogens is 2. The van der Waals surface area contributed by atoms with E-state index in [4.69, 9.17) is 32.7 Å². The lowest BCUT2D eigenvalue weighted by atomic mass is 9.77. The zero-order chi connectivity index (χ0) is 40.0. The Labute approximate surface area is 360 Å². The molecule has 0 unspecified atom stereocenters. The molecule has 0 amide bonds. The maximum atomic E-state index is 7.36. The van der Waals surface area contributed by atoms with Crippen molar-refractivity contribution in [3.05, 3.63) is 116 Å². The van der Waals surface area contributed by atoms with Crippen LogP contribution in [0.2, 0.25) is 10.0 Å². The van der Waals surface area contributed by atoms with Gasteiger partial charge in [-0.1, -0.05) is 150 Å². The maximum absolute atomic E-state index is 7.36. The van der Waals surface area contributed by atoms with E-state index in [1.165, 1.54) is 112 Å². The first kappa shape index (κ1) is 44.0. The molecule has 0 bridgehead atoms. The Morgan fingerprint density at radius 3 is 1.23 bits per heavy atom. The second kappa shape index (κ2) is 22.7. The Morgan fingerprint density at radius 2 is 0.877 bits per heavy atom. The van der Waals surface area contributed by atoms with Crippen LogP contribution in [0.3, 0.4) is 0 Å². The van der Waals surface area contributed by atoms with Crippen LogP contribution in [0.4, 0.5) is 0 Å². The van der Waals surface area contributed by atoms with Gasteiger partial charge < -0.3 is 9.47 Å². The molecule has 2 nitrogen and oxygen atoms in total. The van der Waals surface area contributed by atoms with Crippen LogP contribution >= 0.6 is 35.0 Å². The molecule has 2 aliphatic carbocycles. The minimum Gasteiger partial charge on any atom is -0.493 e. The minimum atomic E-state index is 0.658. The average molecular weight is 828 g/mol. The van der Waals surface area contributed by atoms with Crippen LogP contribution in [0, 0.1) is 11.8 Å². The van der Waals surface area contributed by atoms with Crippen molar-refractivity contribution in [3.63, 3.8) is 0 Å². The molecule has 4 aromatic carbocycles. The molecule has 0 aliphatic heterocycles. The predicted octanol–water partition coefficient (Wildman–Crippen LogP) is 16.8. The third-order valence-corrected chi connectivity index (χ3v) is 15.0. The summed E-state index contributed by atoms with van der Waals surface area (Å²) >= 11 is 16.3. The first-order chi connectivity index (χ1) is 27.9. The molecule has 0 spiro atoms. The van der Waals surface area contributed by atoms with Crippen molar-refractivity contribution < 1.29 is 9.47 Å². The molecule has 0 saturated heterocycles. The van der Waals surface area contributed by atoms with E-state index >= 15 is 0 Å². The van der Waals surface area contributed by atoms with Gasteiger partial charge in [0.1, 0.15) is 11.5 Å². The van der Waals surface area contributed by atoms with Gasteiger partial charge in [0.05, 0.1) is 23.3 Å². The van der Waals surface area contributed by atoms with Gasteiger partial charge in [-0.05, 0) is 134 Å². The first-order valence-corrected chi connectivity index (χ1v) is 24.2. The molecule has 6 rings (SSSR count). The standard InChI is InChI=1S/C52H68Cl2O2S/c1-5-9-11-37-13-21-41(22-14-37)43-25-17-39(18-26-43)35-45-47(55-33-7-3)29-31-49(51(45)53)57-50-32-30-48(56-34-8-4)46(52(50)54)36-40-19-27-44(28-20-40)42-23-15-38(16-24-42)12-10-6-2/h17-20,25-32,37-38,41-42H,5-16,21-24,33-36H2,1-4H3/t37-,38-,41-,42-. The van der Waals surface area contributed by atoms with E-state index in [0.717, 1.165) is 80.0 Å². The summed E-state index contributed by atoms with van der Waals surface area (Å²) in [5.41, 5.74) is 7.55. The van der Waals surface area contributed by atoms with Crippen molar-refractivity contribution in [1.29, 1.82) is 0 Å². The SMILES string of the molecule is CCCC[C@H]1CC[C@H](c2ccc(Cc3c(OCCC)ccc(Sc4ccc(OCCC)c(Cc5ccc([C@H]6CC[C@H](CCCC)CC6)cc5)c4Cl)c3Cl)cc2)CC1. The lowest BCUT2D eigenvalue weighted by Gasteiger charge is -2.29. The lowest BCUT2D eigenvalue weighted by molar-refractivity contribution is 0.304. The Morgan fingerprint density at radius 1 is 0.491 bits per heavy atom. The molecule has 0 N–H and O–H groups in total. The smallest absolute Gasteiger partial charge is 0.124 e. The van der Waals surface area contributed by atoms with Crippen molar-refractivity contribution in [3.8, 4) is 11.5 Å². The summed E-state index contributed by atoms with van der Waals surface area (Å²) in [7, 11) is 0. The fourth-order valence-corrected chi connectivity index (χ4v) is 10.9. The van der Waals surface area contributed by atoms with Crippen LogP contribution in [-0.4, -0.2) is 13.2 Å². The molecule has 2 aliphatic rings. The van der Waals surface area contributed by atoms with Gasteiger partial charge in [0.25, 0.3) is 0 Å². The summed E-state index contributed by atoms with van der Waals surface area (Å²) in [6, 6.07) is 27.1. The molecule has 0 aromatic heterocycles. The van der Waals surface area contributed by atoms with E-state index in [1.54, 1.807) is 11.8 Å². The fourth-order valence-electron chi connectivity index (χ4n) is 9.24. The highest BCUT2D eigenvalue weighted by molar-refractivity contribution is 7.99. The van der Waals surface area contributed by atoms with Crippen LogP contribution in [0.1, 0.15) is 176 Å². The summed E-state index contributed by atoms with van der Waals surface area (Å²) in [5.74, 6) is 4.94. The predicted molar refractivity (Wildman–Crippen MR) is 246 cm³/mol. The molecule has 5 heteroatoms. The van der Waals surface area contributed by atoms with Crippen molar-refractivity contribution in [1.82, 2.24) is 0 Å². The highest BCUT2D eigenvalue weighted by Gasteiger charge is 2.24. The molecular formula is C52H68Cl2O2S. The molecule has 57 heavy (non-hydrogen) atoms. The van der Waals surface area contributed by atoms with E-state index in [2.05, 4.69) is 100 Å². The van der Waals surface area contributed by atoms with E-state index in [0.29, 0.717) is 25.0 Å². The van der Waals surface area contributed by atoms with Crippen LogP contribution in [0.5, 0.6) is 11.5 Å². The topological polar surface area (TPSA) is 18.5 Å². The Bertz CT molecular complexity index is 1670. The summed E-state index contributed by atoms with van der Waals surface area (Å²) in [6.45, 7) is 10.2. The van der Waals surface area contributed by atoms with Crippen LogP contribution < -0.4 is 9.47 Å². The molecule has 0 heterocycles. The van der Waals surface area contributed by atoms with Crippen molar-refractivity contribution in [2.24, 2.45) is 11.8 Å². The highest BCUT2D eigenvalue weighted by atomic mass is 35.5. The van der Waals surface area contributed by atoms with E-state index in [9.17, 15) is 0 Å². The largest absolute Gasteiger partial charge is 0.493 e. The summed E-state index contributed by atoms with van der Waals surface area (Å²) in [4.78, 5) is 1.96. The molecule has 4 aromatic rings. The lowest BCUT2D eigenvalue weighted by Crippen LogP contribution is -2.13. The average Bonchev–Trinajstić information content (AvgIpc) is 3.25. The van der Waals surface area contributed by atoms with Gasteiger partial charge in [0.15, 0.2) is 0 Å². The van der Waals surface area contributed by atoms with E-state index < -0.39 is 0 Å². The van der Waals surface area contributed by atoms with Gasteiger partial charge in [0, 0.05) is 33.8 Å². The summed E-state index contributed by atoms with van der Waals surface area (Å²) < 4.78 is 12.6. The van der Waals surface area contributed by atoms with E-state index in [1.807, 2.05) is 0 Å². The maximum Gasteiger partial charge on any atom is 0.124 e. The fraction of sp³-hybridized carbons (Fsp3) is 0.538. The zero-order valence-electron chi connectivity index (χ0n) is 35.4. The number of unbranched alkanes of at least 4 members (excludes halogenated alkanes) is 2. The Hall–Kier alpha value is -2.59. The van der Waals surface area contributed by atoms with Gasteiger partial charge in [-0.2, -0.15) is 0 Å². The minimum absolute atomic E-state index is 0.658. The summed E-state index contributed by atoms with van der Waals surface area (Å²) in [6.07, 6.45) is 22.3.